The number of nitrogens with one attached hydrogen (secondary N) is 1. The lowest BCUT2D eigenvalue weighted by molar-refractivity contribution is -0.198. The molecule has 1 saturated carbocycles. The van der Waals surface area contributed by atoms with Crippen LogP contribution in [0, 0.1) is 5.92 Å². The number of anilines is 1. The van der Waals surface area contributed by atoms with Crippen molar-refractivity contribution in [2.45, 2.75) is 102 Å². The normalized spacial score (nSPS) is 29.0. The second-order valence-electron chi connectivity index (χ2n) is 13.8. The number of aromatic amines is 1. The van der Waals surface area contributed by atoms with Crippen LogP contribution in [0.3, 0.4) is 0 Å². The summed E-state index contributed by atoms with van der Waals surface area (Å²) in [6.07, 6.45) is 6.63. The molecule has 0 unspecified atom stereocenters. The van der Waals surface area contributed by atoms with Crippen LogP contribution in [0.4, 0.5) is 5.82 Å². The van der Waals surface area contributed by atoms with Gasteiger partial charge >= 0.3 is 0 Å². The molecule has 11 heteroatoms. The lowest BCUT2D eigenvalue weighted by Crippen LogP contribution is -2.48. The Labute approximate surface area is 246 Å². The second-order valence-corrected chi connectivity index (χ2v) is 13.8. The van der Waals surface area contributed by atoms with Crippen molar-refractivity contribution in [2.75, 3.05) is 19.3 Å². The molecule has 4 atom stereocenters. The first-order valence-corrected chi connectivity index (χ1v) is 15.1. The Morgan fingerprint density at radius 1 is 1.12 bits per heavy atom. The van der Waals surface area contributed by atoms with Crippen molar-refractivity contribution >= 4 is 28.0 Å². The number of nitrogens with two attached hydrogens (primary N) is 1. The van der Waals surface area contributed by atoms with E-state index in [2.05, 4.69) is 70.9 Å². The molecule has 1 aliphatic carbocycles. The molecular weight excluding hydrogens is 532 g/mol. The van der Waals surface area contributed by atoms with Crippen molar-refractivity contribution in [1.82, 2.24) is 34.4 Å². The maximum atomic E-state index is 6.61. The van der Waals surface area contributed by atoms with E-state index in [9.17, 15) is 0 Å². The van der Waals surface area contributed by atoms with E-state index in [0.717, 1.165) is 36.2 Å². The topological polar surface area (TPSA) is 129 Å². The van der Waals surface area contributed by atoms with Crippen LogP contribution < -0.4 is 5.73 Å². The fourth-order valence-corrected chi connectivity index (χ4v) is 6.80. The Bertz CT molecular complexity index is 1600. The number of nitrogen functional groups attached to an aromatic ring is 1. The minimum absolute atomic E-state index is 0.127. The fraction of sp³-hybridized carbons (Fsp3) is 0.613. The third-order valence-electron chi connectivity index (χ3n) is 9.27. The van der Waals surface area contributed by atoms with Gasteiger partial charge < -0.3 is 29.8 Å². The zero-order valence-corrected chi connectivity index (χ0v) is 25.4. The predicted molar refractivity (Wildman–Crippen MR) is 160 cm³/mol. The molecule has 3 N–H and O–H groups in total. The minimum Gasteiger partial charge on any atom is -0.382 e. The highest BCUT2D eigenvalue weighted by atomic mass is 16.8. The van der Waals surface area contributed by atoms with Crippen LogP contribution in [0.5, 0.6) is 0 Å². The molecule has 0 spiro atoms. The Balaban J connectivity index is 0.966. The SMILES string of the molecule is CN(C[C@H]1O[C@@H](n2cnc3c(N)ncnc32)[C@@H]2OC(C)(C)O[C@@H]21)C1CC(CCc2nc3ccc(C(C)(C)C)cc3[nH]2)C1. The fourth-order valence-electron chi connectivity index (χ4n) is 6.80. The molecule has 3 aromatic heterocycles. The smallest absolute Gasteiger partial charge is 0.167 e. The van der Waals surface area contributed by atoms with Gasteiger partial charge in [0.05, 0.1) is 17.4 Å². The van der Waals surface area contributed by atoms with E-state index in [1.54, 1.807) is 6.33 Å². The van der Waals surface area contributed by atoms with Gasteiger partial charge in [-0.3, -0.25) is 4.57 Å². The number of H-pyrrole nitrogens is 1. The number of hydrogen-bond donors (Lipinski definition) is 2. The Hall–Kier alpha value is -3.12. The third-order valence-corrected chi connectivity index (χ3v) is 9.27. The molecule has 2 aliphatic heterocycles. The molecule has 3 aliphatic rings. The highest BCUT2D eigenvalue weighted by Crippen LogP contribution is 2.45. The van der Waals surface area contributed by atoms with Crippen molar-refractivity contribution in [1.29, 1.82) is 0 Å². The van der Waals surface area contributed by atoms with Crippen molar-refractivity contribution in [3.63, 3.8) is 0 Å². The van der Waals surface area contributed by atoms with Crippen LogP contribution in [0.2, 0.25) is 0 Å². The van der Waals surface area contributed by atoms with Crippen LogP contribution in [-0.4, -0.2) is 78.1 Å². The summed E-state index contributed by atoms with van der Waals surface area (Å²) in [4.78, 5) is 23.8. The van der Waals surface area contributed by atoms with Crippen molar-refractivity contribution in [2.24, 2.45) is 5.92 Å². The third kappa shape index (κ3) is 4.96. The summed E-state index contributed by atoms with van der Waals surface area (Å²) in [5, 5.41) is 0. The Morgan fingerprint density at radius 2 is 1.90 bits per heavy atom. The van der Waals surface area contributed by atoms with E-state index < -0.39 is 12.0 Å². The number of aromatic nitrogens is 6. The van der Waals surface area contributed by atoms with Gasteiger partial charge in [0.25, 0.3) is 0 Å². The van der Waals surface area contributed by atoms with Crippen LogP contribution >= 0.6 is 0 Å². The summed E-state index contributed by atoms with van der Waals surface area (Å²) in [5.41, 5.74) is 10.9. The van der Waals surface area contributed by atoms with Gasteiger partial charge in [0.2, 0.25) is 0 Å². The maximum Gasteiger partial charge on any atom is 0.167 e. The molecule has 11 nitrogen and oxygen atoms in total. The molecule has 7 rings (SSSR count). The summed E-state index contributed by atoms with van der Waals surface area (Å²) in [6, 6.07) is 7.11. The number of ether oxygens (including phenoxy) is 3. The van der Waals surface area contributed by atoms with E-state index in [1.165, 1.54) is 24.7 Å². The quantitative estimate of drug-likeness (QED) is 0.331. The molecule has 3 fully saturated rings. The first-order valence-electron chi connectivity index (χ1n) is 15.1. The molecule has 0 radical (unpaired) electrons. The first kappa shape index (κ1) is 27.7. The molecule has 4 aromatic rings. The monoisotopic (exact) mass is 574 g/mol. The number of nitrogens with zero attached hydrogens (tertiary/aromatic N) is 6. The number of rotatable bonds is 7. The van der Waals surface area contributed by atoms with Gasteiger partial charge in [-0.15, -0.1) is 0 Å². The van der Waals surface area contributed by atoms with E-state index in [-0.39, 0.29) is 23.7 Å². The average Bonchev–Trinajstić information content (AvgIpc) is 3.64. The van der Waals surface area contributed by atoms with Gasteiger partial charge in [-0.05, 0) is 69.2 Å². The number of likely N-dealkylation sites (N-methyl/N-ethyl adjacent to an activating group) is 1. The summed E-state index contributed by atoms with van der Waals surface area (Å²) in [6.45, 7) is 11.4. The van der Waals surface area contributed by atoms with Crippen LogP contribution in [0.15, 0.2) is 30.9 Å². The average molecular weight is 575 g/mol. The van der Waals surface area contributed by atoms with Gasteiger partial charge in [0.15, 0.2) is 23.5 Å². The standard InChI is InChI=1S/C31H42N8O3/c1-30(2,3)18-8-9-20-21(13-18)37-23(36-20)10-7-17-11-19(12-17)38(6)14-22-25-26(42-31(4,5)41-25)29(40-22)39-16-35-24-27(32)33-15-34-28(24)39/h8-9,13,15-17,19,22,25-26,29H,7,10-12,14H2,1-6H3,(H,36,37)(H2,32,33,34)/t17?,19?,22-,25-,26-,29-/m1/s1. The summed E-state index contributed by atoms with van der Waals surface area (Å²) in [5.74, 6) is 1.45. The lowest BCUT2D eigenvalue weighted by atomic mass is 9.76. The van der Waals surface area contributed by atoms with Crippen molar-refractivity contribution in [3.05, 3.63) is 42.2 Å². The number of aryl methyl sites for hydroxylation is 1. The summed E-state index contributed by atoms with van der Waals surface area (Å²) in [7, 11) is 2.19. The van der Waals surface area contributed by atoms with Crippen LogP contribution in [-0.2, 0) is 26.0 Å². The van der Waals surface area contributed by atoms with Gasteiger partial charge in [-0.2, -0.15) is 0 Å². The summed E-state index contributed by atoms with van der Waals surface area (Å²) < 4.78 is 21.2. The van der Waals surface area contributed by atoms with Gasteiger partial charge in [-0.25, -0.2) is 19.9 Å². The van der Waals surface area contributed by atoms with E-state index in [4.69, 9.17) is 24.9 Å². The molecule has 0 bridgehead atoms. The summed E-state index contributed by atoms with van der Waals surface area (Å²) >= 11 is 0. The second kappa shape index (κ2) is 9.97. The van der Waals surface area contributed by atoms with Gasteiger partial charge in [0.1, 0.15) is 36.0 Å². The van der Waals surface area contributed by atoms with Crippen molar-refractivity contribution in [3.8, 4) is 0 Å². The highest BCUT2D eigenvalue weighted by Gasteiger charge is 2.56. The van der Waals surface area contributed by atoms with Gasteiger partial charge in [0, 0.05) is 19.0 Å². The molecular formula is C31H42N8O3. The molecule has 224 valence electrons. The Kier molecular flexibility index (Phi) is 6.58. The zero-order valence-electron chi connectivity index (χ0n) is 25.4. The highest BCUT2D eigenvalue weighted by molar-refractivity contribution is 5.81. The predicted octanol–water partition coefficient (Wildman–Crippen LogP) is 4.34. The number of imidazole rings is 2. The largest absolute Gasteiger partial charge is 0.382 e. The van der Waals surface area contributed by atoms with Crippen LogP contribution in [0.1, 0.15) is 71.5 Å². The zero-order chi connectivity index (χ0) is 29.4. The number of fused-ring (bicyclic) bond motifs is 3. The van der Waals surface area contributed by atoms with Crippen molar-refractivity contribution < 1.29 is 14.2 Å². The maximum absolute atomic E-state index is 6.61. The van der Waals surface area contributed by atoms with E-state index in [1.807, 2.05) is 18.4 Å². The molecule has 5 heterocycles. The Morgan fingerprint density at radius 3 is 2.69 bits per heavy atom. The van der Waals surface area contributed by atoms with Crippen LogP contribution in [0.25, 0.3) is 22.2 Å². The molecule has 42 heavy (non-hydrogen) atoms. The minimum atomic E-state index is -0.689. The number of hydrogen-bond acceptors (Lipinski definition) is 9. The van der Waals surface area contributed by atoms with E-state index in [0.29, 0.717) is 28.9 Å². The number of benzene rings is 1. The molecule has 1 aromatic carbocycles. The lowest BCUT2D eigenvalue weighted by Gasteiger charge is -2.42. The molecule has 0 amide bonds. The van der Waals surface area contributed by atoms with E-state index >= 15 is 0 Å². The first-order chi connectivity index (χ1) is 19.9. The van der Waals surface area contributed by atoms with Gasteiger partial charge in [-0.1, -0.05) is 26.8 Å². The molecule has 2 saturated heterocycles.